The first kappa shape index (κ1) is 15.1. The van der Waals surface area contributed by atoms with Gasteiger partial charge in [-0.2, -0.15) is 4.31 Å². The number of allylic oxidation sites excluding steroid dienone is 1. The van der Waals surface area contributed by atoms with Gasteiger partial charge < -0.3 is 14.7 Å². The van der Waals surface area contributed by atoms with Crippen LogP contribution in [0.3, 0.4) is 0 Å². The summed E-state index contributed by atoms with van der Waals surface area (Å²) in [6, 6.07) is 0. The van der Waals surface area contributed by atoms with Gasteiger partial charge in [-0.15, -0.1) is 0 Å². The third-order valence-corrected chi connectivity index (χ3v) is 4.47. The molecule has 0 bridgehead atoms. The second-order valence-corrected chi connectivity index (χ2v) is 6.59. The van der Waals surface area contributed by atoms with Crippen molar-refractivity contribution in [1.82, 2.24) is 0 Å². The molecule has 17 heavy (non-hydrogen) atoms. The predicted octanol–water partition coefficient (Wildman–Crippen LogP) is 2.10. The fraction of sp³-hybridized carbons (Fsp3) is 0.750. The molecule has 1 atom stereocenters. The largest absolute Gasteiger partial charge is 0.481 e. The number of rotatable bonds is 5. The van der Waals surface area contributed by atoms with Gasteiger partial charge in [0.1, 0.15) is 0 Å². The molecule has 0 aromatic rings. The molecule has 0 spiro atoms. The van der Waals surface area contributed by atoms with Crippen molar-refractivity contribution in [2.24, 2.45) is 0 Å². The molecule has 0 saturated heterocycles. The summed E-state index contributed by atoms with van der Waals surface area (Å²) in [7, 11) is -9.71. The fourth-order valence-corrected chi connectivity index (χ4v) is 3.14. The van der Waals surface area contributed by atoms with Crippen molar-refractivity contribution in [2.45, 2.75) is 32.1 Å². The molecule has 1 saturated carbocycles. The summed E-state index contributed by atoms with van der Waals surface area (Å²) in [5, 5.41) is 0. The summed E-state index contributed by atoms with van der Waals surface area (Å²) in [6.45, 7) is -0.191. The maximum Gasteiger partial charge on any atom is 0.481 e. The highest BCUT2D eigenvalue weighted by molar-refractivity contribution is 7.60. The average molecular weight is 286 g/mol. The van der Waals surface area contributed by atoms with E-state index in [9.17, 15) is 9.13 Å². The minimum Gasteiger partial charge on any atom is -0.302 e. The first-order chi connectivity index (χ1) is 7.79. The number of phosphoric ester groups is 1. The molecule has 9 heteroatoms. The summed E-state index contributed by atoms with van der Waals surface area (Å²) in [5.41, 5.74) is 1.13. The molecule has 1 unspecified atom stereocenters. The first-order valence-corrected chi connectivity index (χ1v) is 8.23. The Labute approximate surface area is 99.3 Å². The molecular formula is C8H16O7P2. The summed E-state index contributed by atoms with van der Waals surface area (Å²) < 4.78 is 29.5. The topological polar surface area (TPSA) is 113 Å². The third kappa shape index (κ3) is 7.11. The Morgan fingerprint density at radius 2 is 1.71 bits per heavy atom. The second kappa shape index (κ2) is 6.25. The van der Waals surface area contributed by atoms with E-state index in [1.165, 1.54) is 6.42 Å². The Morgan fingerprint density at radius 3 is 2.24 bits per heavy atom. The molecule has 1 aliphatic carbocycles. The van der Waals surface area contributed by atoms with E-state index in [0.717, 1.165) is 31.3 Å². The molecule has 1 rings (SSSR count). The van der Waals surface area contributed by atoms with Gasteiger partial charge in [0, 0.05) is 0 Å². The highest BCUT2D eigenvalue weighted by Gasteiger charge is 2.31. The Kier molecular flexibility index (Phi) is 5.54. The lowest BCUT2D eigenvalue weighted by molar-refractivity contribution is 0.191. The SMILES string of the molecule is O=P(O)(O)OP(=O)(O)OCC=C1CCCCC1. The highest BCUT2D eigenvalue weighted by atomic mass is 31.3. The number of phosphoric acid groups is 2. The van der Waals surface area contributed by atoms with Crippen LogP contribution < -0.4 is 0 Å². The van der Waals surface area contributed by atoms with Crippen LogP contribution in [0.15, 0.2) is 11.6 Å². The van der Waals surface area contributed by atoms with E-state index in [1.807, 2.05) is 0 Å². The normalized spacial score (nSPS) is 21.0. The van der Waals surface area contributed by atoms with E-state index in [1.54, 1.807) is 6.08 Å². The Morgan fingerprint density at radius 1 is 1.12 bits per heavy atom. The fourth-order valence-electron chi connectivity index (χ4n) is 1.62. The van der Waals surface area contributed by atoms with Crippen LogP contribution in [0.4, 0.5) is 0 Å². The predicted molar refractivity (Wildman–Crippen MR) is 60.1 cm³/mol. The molecule has 0 heterocycles. The summed E-state index contributed by atoms with van der Waals surface area (Å²) in [5.74, 6) is 0. The molecule has 3 N–H and O–H groups in total. The minimum atomic E-state index is -5.02. The zero-order valence-electron chi connectivity index (χ0n) is 9.19. The van der Waals surface area contributed by atoms with Crippen molar-refractivity contribution in [3.8, 4) is 0 Å². The van der Waals surface area contributed by atoms with Gasteiger partial charge in [0.05, 0.1) is 6.61 Å². The summed E-state index contributed by atoms with van der Waals surface area (Å²) >= 11 is 0. The van der Waals surface area contributed by atoms with Gasteiger partial charge in [0.15, 0.2) is 0 Å². The first-order valence-electron chi connectivity index (χ1n) is 5.21. The van der Waals surface area contributed by atoms with Crippen LogP contribution in [0, 0.1) is 0 Å². The highest BCUT2D eigenvalue weighted by Crippen LogP contribution is 2.57. The molecule has 7 nitrogen and oxygen atoms in total. The lowest BCUT2D eigenvalue weighted by atomic mass is 9.95. The molecule has 1 fully saturated rings. The van der Waals surface area contributed by atoms with Crippen molar-refractivity contribution in [3.63, 3.8) is 0 Å². The number of hydrogen-bond donors (Lipinski definition) is 3. The van der Waals surface area contributed by atoms with E-state index < -0.39 is 15.6 Å². The minimum absolute atomic E-state index is 0.191. The van der Waals surface area contributed by atoms with Gasteiger partial charge in [0.25, 0.3) is 0 Å². The maximum atomic E-state index is 11.1. The second-order valence-electron chi connectivity index (χ2n) is 3.76. The zero-order valence-corrected chi connectivity index (χ0v) is 11.0. The van der Waals surface area contributed by atoms with Crippen LogP contribution >= 0.6 is 15.6 Å². The maximum absolute atomic E-state index is 11.1. The third-order valence-electron chi connectivity index (χ3n) is 2.32. The quantitative estimate of drug-likeness (QED) is 0.523. The monoisotopic (exact) mass is 286 g/mol. The van der Waals surface area contributed by atoms with E-state index in [4.69, 9.17) is 14.7 Å². The van der Waals surface area contributed by atoms with Gasteiger partial charge in [-0.3, -0.25) is 4.52 Å². The lowest BCUT2D eigenvalue weighted by Crippen LogP contribution is -1.98. The lowest BCUT2D eigenvalue weighted by Gasteiger charge is -2.14. The molecule has 0 aromatic carbocycles. The van der Waals surface area contributed by atoms with Gasteiger partial charge in [-0.25, -0.2) is 9.13 Å². The summed E-state index contributed by atoms with van der Waals surface area (Å²) in [4.78, 5) is 25.7. The average Bonchev–Trinajstić information content (AvgIpc) is 2.15. The van der Waals surface area contributed by atoms with Crippen LogP contribution in [0.1, 0.15) is 32.1 Å². The molecule has 0 radical (unpaired) electrons. The molecule has 0 amide bonds. The van der Waals surface area contributed by atoms with E-state index >= 15 is 0 Å². The van der Waals surface area contributed by atoms with Crippen LogP contribution in [-0.4, -0.2) is 21.3 Å². The van der Waals surface area contributed by atoms with Crippen molar-refractivity contribution < 1.29 is 32.6 Å². The standard InChI is InChI=1S/C8H16O7P2/c9-16(10,11)15-17(12,13)14-7-6-8-4-2-1-3-5-8/h6H,1-5,7H2,(H,12,13)(H2,9,10,11). The van der Waals surface area contributed by atoms with Crippen LogP contribution in [0.25, 0.3) is 0 Å². The Balaban J connectivity index is 2.39. The van der Waals surface area contributed by atoms with Gasteiger partial charge >= 0.3 is 15.6 Å². The van der Waals surface area contributed by atoms with Crippen LogP contribution in [0.2, 0.25) is 0 Å². The van der Waals surface area contributed by atoms with Crippen molar-refractivity contribution in [2.75, 3.05) is 6.61 Å². The van der Waals surface area contributed by atoms with Crippen molar-refractivity contribution >= 4 is 15.6 Å². The van der Waals surface area contributed by atoms with Gasteiger partial charge in [-0.1, -0.05) is 18.1 Å². The van der Waals surface area contributed by atoms with Crippen LogP contribution in [0.5, 0.6) is 0 Å². The van der Waals surface area contributed by atoms with Gasteiger partial charge in [-0.05, 0) is 25.7 Å². The van der Waals surface area contributed by atoms with Crippen LogP contribution in [-0.2, 0) is 18.0 Å². The van der Waals surface area contributed by atoms with Crippen molar-refractivity contribution in [1.29, 1.82) is 0 Å². The molecule has 1 aliphatic rings. The molecule has 0 aromatic heterocycles. The van der Waals surface area contributed by atoms with E-state index in [-0.39, 0.29) is 6.61 Å². The van der Waals surface area contributed by atoms with E-state index in [0.29, 0.717) is 0 Å². The molecule has 0 aliphatic heterocycles. The van der Waals surface area contributed by atoms with Crippen molar-refractivity contribution in [3.05, 3.63) is 11.6 Å². The zero-order chi connectivity index (χ0) is 12.9. The summed E-state index contributed by atoms with van der Waals surface area (Å²) in [6.07, 6.45) is 6.86. The molecule has 100 valence electrons. The Hall–Kier alpha value is -0.0000000000000000555. The van der Waals surface area contributed by atoms with E-state index in [2.05, 4.69) is 8.83 Å². The van der Waals surface area contributed by atoms with Gasteiger partial charge in [0.2, 0.25) is 0 Å². The smallest absolute Gasteiger partial charge is 0.302 e. The number of hydrogen-bond acceptors (Lipinski definition) is 4. The Bertz CT molecular complexity index is 364. The molecular weight excluding hydrogens is 270 g/mol.